The van der Waals surface area contributed by atoms with Crippen LogP contribution >= 0.6 is 0 Å². The normalized spacial score (nSPS) is 11.3. The molecule has 4 nitrogen and oxygen atoms in total. The second kappa shape index (κ2) is 6.70. The molecule has 1 rings (SSSR count). The van der Waals surface area contributed by atoms with Crippen LogP contribution in [-0.2, 0) is 21.1 Å². The molecule has 0 radical (unpaired) electrons. The van der Waals surface area contributed by atoms with Gasteiger partial charge in [-0.25, -0.2) is 8.42 Å². The summed E-state index contributed by atoms with van der Waals surface area (Å²) in [6, 6.07) is 5.90. The molecule has 0 aliphatic heterocycles. The van der Waals surface area contributed by atoms with Gasteiger partial charge >= 0.3 is 0 Å². The lowest BCUT2D eigenvalue weighted by Crippen LogP contribution is -2.15. The maximum Gasteiger partial charge on any atom is 0.224 e. The Morgan fingerprint density at radius 2 is 2.00 bits per heavy atom. The zero-order valence-electron chi connectivity index (χ0n) is 11.7. The predicted octanol–water partition coefficient (Wildman–Crippen LogP) is 2.32. The van der Waals surface area contributed by atoms with Crippen LogP contribution in [-0.4, -0.2) is 26.3 Å². The van der Waals surface area contributed by atoms with Gasteiger partial charge in [-0.2, -0.15) is 0 Å². The van der Waals surface area contributed by atoms with Gasteiger partial charge < -0.3 is 5.32 Å². The highest BCUT2D eigenvalue weighted by molar-refractivity contribution is 7.90. The Hall–Kier alpha value is -1.36. The van der Waals surface area contributed by atoms with Gasteiger partial charge in [0.15, 0.2) is 0 Å². The number of anilines is 1. The molecule has 0 unspecified atom stereocenters. The van der Waals surface area contributed by atoms with Crippen molar-refractivity contribution in [1.82, 2.24) is 0 Å². The van der Waals surface area contributed by atoms with E-state index in [1.165, 1.54) is 6.26 Å². The van der Waals surface area contributed by atoms with E-state index in [2.05, 4.69) is 5.32 Å². The summed E-state index contributed by atoms with van der Waals surface area (Å²) >= 11 is 0. The van der Waals surface area contributed by atoms with Gasteiger partial charge in [0.1, 0.15) is 9.84 Å². The summed E-state index contributed by atoms with van der Waals surface area (Å²) in [4.78, 5) is 11.8. The Morgan fingerprint density at radius 3 is 2.58 bits per heavy atom. The Bertz CT molecular complexity index is 550. The van der Waals surface area contributed by atoms with Gasteiger partial charge in [0.05, 0.1) is 5.75 Å². The molecule has 106 valence electrons. The summed E-state index contributed by atoms with van der Waals surface area (Å²) in [5.74, 6) is -0.0814. The molecule has 1 amide bonds. The van der Waals surface area contributed by atoms with Gasteiger partial charge in [0.25, 0.3) is 0 Å². The highest BCUT2D eigenvalue weighted by atomic mass is 32.2. The average Bonchev–Trinajstić information content (AvgIpc) is 2.30. The number of carbonyl (C=O) groups excluding carboxylic acids is 1. The number of carbonyl (C=O) groups is 1. The standard InChI is InChI=1S/C14H21NO3S/c1-4-12-8-5-7-11(2)14(12)15-13(16)9-6-10-19(3,17)18/h5,7-8H,4,6,9-10H2,1-3H3,(H,15,16). The number of para-hydroxylation sites is 1. The van der Waals surface area contributed by atoms with E-state index in [1.54, 1.807) is 0 Å². The van der Waals surface area contributed by atoms with Gasteiger partial charge in [-0.15, -0.1) is 0 Å². The Kier molecular flexibility index (Phi) is 5.54. The van der Waals surface area contributed by atoms with Crippen molar-refractivity contribution in [2.75, 3.05) is 17.3 Å². The van der Waals surface area contributed by atoms with E-state index in [4.69, 9.17) is 0 Å². The van der Waals surface area contributed by atoms with E-state index in [9.17, 15) is 13.2 Å². The van der Waals surface area contributed by atoms with Crippen molar-refractivity contribution < 1.29 is 13.2 Å². The fraction of sp³-hybridized carbons (Fsp3) is 0.500. The average molecular weight is 283 g/mol. The quantitative estimate of drug-likeness (QED) is 0.871. The van der Waals surface area contributed by atoms with Crippen LogP contribution in [0.5, 0.6) is 0 Å². The molecule has 5 heteroatoms. The summed E-state index contributed by atoms with van der Waals surface area (Å²) in [7, 11) is -2.99. The molecule has 0 bridgehead atoms. The largest absolute Gasteiger partial charge is 0.326 e. The lowest BCUT2D eigenvalue weighted by molar-refractivity contribution is -0.116. The SMILES string of the molecule is CCc1cccc(C)c1NC(=O)CCCS(C)(=O)=O. The van der Waals surface area contributed by atoms with Crippen LogP contribution in [0.15, 0.2) is 18.2 Å². The maximum absolute atomic E-state index is 11.8. The second-order valence-electron chi connectivity index (χ2n) is 4.74. The van der Waals surface area contributed by atoms with Crippen LogP contribution in [0.25, 0.3) is 0 Å². The van der Waals surface area contributed by atoms with Gasteiger partial charge in [-0.3, -0.25) is 4.79 Å². The maximum atomic E-state index is 11.8. The van der Waals surface area contributed by atoms with Crippen molar-refractivity contribution in [2.24, 2.45) is 0 Å². The number of aryl methyl sites for hydroxylation is 2. The molecule has 0 heterocycles. The monoisotopic (exact) mass is 283 g/mol. The molecule has 0 atom stereocenters. The van der Waals surface area contributed by atoms with Crippen LogP contribution in [0.2, 0.25) is 0 Å². The first-order valence-electron chi connectivity index (χ1n) is 6.39. The first-order chi connectivity index (χ1) is 8.83. The third-order valence-electron chi connectivity index (χ3n) is 2.92. The van der Waals surface area contributed by atoms with Crippen molar-refractivity contribution in [3.8, 4) is 0 Å². The smallest absolute Gasteiger partial charge is 0.224 e. The molecule has 0 saturated heterocycles. The summed E-state index contributed by atoms with van der Waals surface area (Å²) < 4.78 is 22.0. The zero-order chi connectivity index (χ0) is 14.5. The van der Waals surface area contributed by atoms with Crippen molar-refractivity contribution in [2.45, 2.75) is 33.1 Å². The van der Waals surface area contributed by atoms with Crippen LogP contribution < -0.4 is 5.32 Å². The third kappa shape index (κ3) is 5.42. The predicted molar refractivity (Wildman–Crippen MR) is 78.1 cm³/mol. The molecular formula is C14H21NO3S. The molecule has 0 aromatic heterocycles. The molecule has 0 fully saturated rings. The first kappa shape index (κ1) is 15.7. The topological polar surface area (TPSA) is 63.2 Å². The second-order valence-corrected chi connectivity index (χ2v) is 7.00. The van der Waals surface area contributed by atoms with Gasteiger partial charge in [0, 0.05) is 18.4 Å². The lowest BCUT2D eigenvalue weighted by Gasteiger charge is -2.12. The van der Waals surface area contributed by atoms with Crippen molar-refractivity contribution in [3.63, 3.8) is 0 Å². The van der Waals surface area contributed by atoms with Gasteiger partial charge in [-0.05, 0) is 30.9 Å². The fourth-order valence-electron chi connectivity index (χ4n) is 1.90. The van der Waals surface area contributed by atoms with E-state index in [0.717, 1.165) is 23.2 Å². The molecule has 0 saturated carbocycles. The molecule has 1 N–H and O–H groups in total. The van der Waals surface area contributed by atoms with E-state index in [0.29, 0.717) is 6.42 Å². The van der Waals surface area contributed by atoms with E-state index in [1.807, 2.05) is 32.0 Å². The number of benzene rings is 1. The first-order valence-corrected chi connectivity index (χ1v) is 8.45. The molecule has 1 aromatic carbocycles. The van der Waals surface area contributed by atoms with E-state index in [-0.39, 0.29) is 18.1 Å². The van der Waals surface area contributed by atoms with Crippen molar-refractivity contribution >= 4 is 21.4 Å². The summed E-state index contributed by atoms with van der Waals surface area (Å²) in [6.45, 7) is 3.99. The van der Waals surface area contributed by atoms with Crippen LogP contribution in [0.1, 0.15) is 30.9 Å². The molecular weight excluding hydrogens is 262 g/mol. The Balaban J connectivity index is 2.62. The summed E-state index contributed by atoms with van der Waals surface area (Å²) in [6.07, 6.45) is 2.62. The van der Waals surface area contributed by atoms with Crippen LogP contribution in [0, 0.1) is 6.92 Å². The minimum absolute atomic E-state index is 0.0504. The number of nitrogens with one attached hydrogen (secondary N) is 1. The molecule has 0 spiro atoms. The van der Waals surface area contributed by atoms with Crippen molar-refractivity contribution in [3.05, 3.63) is 29.3 Å². The van der Waals surface area contributed by atoms with Crippen molar-refractivity contribution in [1.29, 1.82) is 0 Å². The number of hydrogen-bond donors (Lipinski definition) is 1. The Labute approximate surface area is 115 Å². The third-order valence-corrected chi connectivity index (χ3v) is 3.95. The highest BCUT2D eigenvalue weighted by Crippen LogP contribution is 2.21. The Morgan fingerprint density at radius 1 is 1.32 bits per heavy atom. The van der Waals surface area contributed by atoms with Gasteiger partial charge in [-0.1, -0.05) is 25.1 Å². The van der Waals surface area contributed by atoms with Crippen LogP contribution in [0.4, 0.5) is 5.69 Å². The number of rotatable bonds is 6. The zero-order valence-corrected chi connectivity index (χ0v) is 12.5. The summed E-state index contributed by atoms with van der Waals surface area (Å²) in [5.41, 5.74) is 2.97. The van der Waals surface area contributed by atoms with E-state index >= 15 is 0 Å². The van der Waals surface area contributed by atoms with Crippen LogP contribution in [0.3, 0.4) is 0 Å². The minimum Gasteiger partial charge on any atom is -0.326 e. The molecule has 1 aromatic rings. The molecule has 0 aliphatic carbocycles. The number of hydrogen-bond acceptors (Lipinski definition) is 3. The number of sulfone groups is 1. The summed E-state index contributed by atoms with van der Waals surface area (Å²) in [5, 5.41) is 2.88. The number of amides is 1. The minimum atomic E-state index is -2.99. The molecule has 19 heavy (non-hydrogen) atoms. The van der Waals surface area contributed by atoms with E-state index < -0.39 is 9.84 Å². The fourth-order valence-corrected chi connectivity index (χ4v) is 2.57. The molecule has 0 aliphatic rings. The lowest BCUT2D eigenvalue weighted by atomic mass is 10.1. The van der Waals surface area contributed by atoms with Gasteiger partial charge in [0.2, 0.25) is 5.91 Å². The highest BCUT2D eigenvalue weighted by Gasteiger charge is 2.10.